The highest BCUT2D eigenvalue weighted by Crippen LogP contribution is 2.11. The van der Waals surface area contributed by atoms with Gasteiger partial charge in [-0.15, -0.1) is 0 Å². The van der Waals surface area contributed by atoms with Gasteiger partial charge in [-0.25, -0.2) is 0 Å². The minimum Gasteiger partial charge on any atom is -0.356 e. The average Bonchev–Trinajstić information content (AvgIpc) is 2.21. The van der Waals surface area contributed by atoms with E-state index in [4.69, 9.17) is 14.3 Å². The lowest BCUT2D eigenvalue weighted by atomic mass is 10.2. The summed E-state index contributed by atoms with van der Waals surface area (Å²) in [6.07, 6.45) is 5.60. The van der Waals surface area contributed by atoms with Crippen LogP contribution in [0.3, 0.4) is 0 Å². The van der Waals surface area contributed by atoms with Crippen LogP contribution in [0, 0.1) is 0 Å². The van der Waals surface area contributed by atoms with E-state index in [1.165, 1.54) is 26.2 Å². The average molecular weight is 204 g/mol. The lowest BCUT2D eigenvalue weighted by Gasteiger charge is -2.20. The van der Waals surface area contributed by atoms with Gasteiger partial charge in [-0.05, 0) is 26.2 Å². The number of carbonyl (C=O) groups excluding carboxylic acids is 1. The van der Waals surface area contributed by atoms with Crippen LogP contribution in [0.15, 0.2) is 0 Å². The quantitative estimate of drug-likeness (QED) is 0.616. The van der Waals surface area contributed by atoms with Crippen molar-refractivity contribution in [3.8, 4) is 0 Å². The zero-order valence-corrected chi connectivity index (χ0v) is 9.91. The first-order chi connectivity index (χ1) is 6.76. The first kappa shape index (κ1) is 16.0. The van der Waals surface area contributed by atoms with Crippen LogP contribution in [-0.2, 0) is 14.3 Å². The third-order valence-corrected chi connectivity index (χ3v) is 1.40. The maximum Gasteiger partial charge on any atom is 0.157 e. The van der Waals surface area contributed by atoms with Crippen LogP contribution in [0.5, 0.6) is 0 Å². The number of rotatable bonds is 1. The molecule has 86 valence electrons. The zero-order chi connectivity index (χ0) is 11.2. The molecule has 3 nitrogen and oxygen atoms in total. The van der Waals surface area contributed by atoms with E-state index in [0.29, 0.717) is 0 Å². The number of hydrogen-bond donors (Lipinski definition) is 0. The molecule has 0 aliphatic carbocycles. The van der Waals surface area contributed by atoms with Crippen LogP contribution >= 0.6 is 0 Å². The smallest absolute Gasteiger partial charge is 0.157 e. The molecule has 1 unspecified atom stereocenters. The molecule has 3 heteroatoms. The lowest BCUT2D eigenvalue weighted by molar-refractivity contribution is -0.145. The Kier molecular flexibility index (Phi) is 17.3. The highest BCUT2D eigenvalue weighted by molar-refractivity contribution is 5.44. The molecule has 0 aromatic heterocycles. The fourth-order valence-corrected chi connectivity index (χ4v) is 0.897. The predicted molar refractivity (Wildman–Crippen MR) is 58.3 cm³/mol. The summed E-state index contributed by atoms with van der Waals surface area (Å²) in [5.41, 5.74) is 0. The Morgan fingerprint density at radius 1 is 1.43 bits per heavy atom. The van der Waals surface area contributed by atoms with Crippen LogP contribution < -0.4 is 0 Å². The van der Waals surface area contributed by atoms with Crippen molar-refractivity contribution in [3.05, 3.63) is 0 Å². The molecular formula is C11H24O3. The number of hydrogen-bond acceptors (Lipinski definition) is 3. The van der Waals surface area contributed by atoms with Gasteiger partial charge in [-0.1, -0.05) is 20.3 Å². The Balaban J connectivity index is 0. The summed E-state index contributed by atoms with van der Waals surface area (Å²) in [4.78, 5) is 8.81. The monoisotopic (exact) mass is 204 g/mol. The number of methoxy groups -OCH3 is 1. The molecule has 1 aliphatic rings. The summed E-state index contributed by atoms with van der Waals surface area (Å²) in [6.45, 7) is 6.57. The van der Waals surface area contributed by atoms with Gasteiger partial charge in [0.1, 0.15) is 6.29 Å². The largest absolute Gasteiger partial charge is 0.356 e. The Morgan fingerprint density at radius 3 is 2.14 bits per heavy atom. The second-order valence-electron chi connectivity index (χ2n) is 2.97. The molecular weight excluding hydrogens is 180 g/mol. The summed E-state index contributed by atoms with van der Waals surface area (Å²) >= 11 is 0. The molecule has 1 atom stereocenters. The van der Waals surface area contributed by atoms with E-state index < -0.39 is 0 Å². The van der Waals surface area contributed by atoms with Crippen molar-refractivity contribution in [2.24, 2.45) is 0 Å². The maximum absolute atomic E-state index is 8.81. The van der Waals surface area contributed by atoms with Crippen molar-refractivity contribution < 1.29 is 14.3 Å². The van der Waals surface area contributed by atoms with Crippen LogP contribution in [0.4, 0.5) is 0 Å². The highest BCUT2D eigenvalue weighted by atomic mass is 16.7. The number of ether oxygens (including phenoxy) is 2. The van der Waals surface area contributed by atoms with Gasteiger partial charge in [0, 0.05) is 13.7 Å². The van der Waals surface area contributed by atoms with Crippen molar-refractivity contribution in [1.29, 1.82) is 0 Å². The summed E-state index contributed by atoms with van der Waals surface area (Å²) in [7, 11) is 1.69. The van der Waals surface area contributed by atoms with Gasteiger partial charge >= 0.3 is 0 Å². The molecule has 0 saturated carbocycles. The van der Waals surface area contributed by atoms with Crippen molar-refractivity contribution in [2.75, 3.05) is 13.7 Å². The molecule has 1 fully saturated rings. The standard InChI is InChI=1S/C6H12O2.C3H8.C2H4O/c1-7-6-4-2-3-5-8-6;1-3-2;1-2-3/h6H,2-5H2,1H3;3H2,1-2H3;2H,1H3. The van der Waals surface area contributed by atoms with Crippen molar-refractivity contribution in [3.63, 3.8) is 0 Å². The fourth-order valence-electron chi connectivity index (χ4n) is 0.897. The van der Waals surface area contributed by atoms with Crippen LogP contribution in [0.25, 0.3) is 0 Å². The van der Waals surface area contributed by atoms with E-state index in [0.717, 1.165) is 19.3 Å². The molecule has 0 aromatic rings. The SMILES string of the molecule is CC=O.CCC.COC1CCCCO1. The topological polar surface area (TPSA) is 35.5 Å². The van der Waals surface area contributed by atoms with Gasteiger partial charge < -0.3 is 14.3 Å². The molecule has 0 amide bonds. The minimum atomic E-state index is 0.0868. The lowest BCUT2D eigenvalue weighted by Crippen LogP contribution is -2.20. The predicted octanol–water partition coefficient (Wildman–Crippen LogP) is 2.78. The summed E-state index contributed by atoms with van der Waals surface area (Å²) < 4.78 is 10.2. The van der Waals surface area contributed by atoms with Gasteiger partial charge in [-0.2, -0.15) is 0 Å². The van der Waals surface area contributed by atoms with E-state index in [1.54, 1.807) is 7.11 Å². The molecule has 14 heavy (non-hydrogen) atoms. The first-order valence-corrected chi connectivity index (χ1v) is 5.30. The number of aldehydes is 1. The summed E-state index contributed by atoms with van der Waals surface area (Å²) in [5.74, 6) is 0. The van der Waals surface area contributed by atoms with Crippen molar-refractivity contribution >= 4 is 6.29 Å². The van der Waals surface area contributed by atoms with Gasteiger partial charge in [0.15, 0.2) is 6.29 Å². The third kappa shape index (κ3) is 14.1. The van der Waals surface area contributed by atoms with E-state index in [9.17, 15) is 0 Å². The normalized spacial score (nSPS) is 19.6. The van der Waals surface area contributed by atoms with Crippen molar-refractivity contribution in [2.45, 2.75) is 52.7 Å². The number of carbonyl (C=O) groups is 1. The van der Waals surface area contributed by atoms with Gasteiger partial charge in [0.05, 0.1) is 0 Å². The van der Waals surface area contributed by atoms with E-state index in [2.05, 4.69) is 13.8 Å². The van der Waals surface area contributed by atoms with Crippen LogP contribution in [0.1, 0.15) is 46.5 Å². The molecule has 1 saturated heterocycles. The molecule has 1 aliphatic heterocycles. The van der Waals surface area contributed by atoms with E-state index >= 15 is 0 Å². The van der Waals surface area contributed by atoms with Crippen molar-refractivity contribution in [1.82, 2.24) is 0 Å². The molecule has 0 aromatic carbocycles. The summed E-state index contributed by atoms with van der Waals surface area (Å²) in [5, 5.41) is 0. The molecule has 1 rings (SSSR count). The second-order valence-corrected chi connectivity index (χ2v) is 2.97. The Bertz CT molecular complexity index is 98.7. The first-order valence-electron chi connectivity index (χ1n) is 5.30. The van der Waals surface area contributed by atoms with Crippen LogP contribution in [0.2, 0.25) is 0 Å². The zero-order valence-electron chi connectivity index (χ0n) is 9.91. The van der Waals surface area contributed by atoms with Gasteiger partial charge in [0.25, 0.3) is 0 Å². The van der Waals surface area contributed by atoms with Crippen LogP contribution in [-0.4, -0.2) is 26.3 Å². The molecule has 0 spiro atoms. The maximum atomic E-state index is 8.81. The molecule has 0 N–H and O–H groups in total. The Labute approximate surface area is 87.8 Å². The fraction of sp³-hybridized carbons (Fsp3) is 0.909. The van der Waals surface area contributed by atoms with Gasteiger partial charge in [0.2, 0.25) is 0 Å². The molecule has 1 heterocycles. The highest BCUT2D eigenvalue weighted by Gasteiger charge is 2.10. The second kappa shape index (κ2) is 15.1. The van der Waals surface area contributed by atoms with E-state index in [-0.39, 0.29) is 6.29 Å². The Morgan fingerprint density at radius 2 is 1.93 bits per heavy atom. The Hall–Kier alpha value is -0.410. The molecule has 0 radical (unpaired) electrons. The van der Waals surface area contributed by atoms with Gasteiger partial charge in [-0.3, -0.25) is 0 Å². The minimum absolute atomic E-state index is 0.0868. The summed E-state index contributed by atoms with van der Waals surface area (Å²) in [6, 6.07) is 0. The third-order valence-electron chi connectivity index (χ3n) is 1.40. The van der Waals surface area contributed by atoms with E-state index in [1.807, 2.05) is 0 Å². The molecule has 0 bridgehead atoms.